The van der Waals surface area contributed by atoms with E-state index in [0.717, 1.165) is 0 Å². The van der Waals surface area contributed by atoms with E-state index >= 15 is 0 Å². The van der Waals surface area contributed by atoms with Crippen molar-refractivity contribution in [1.29, 1.82) is 0 Å². The third-order valence-electron chi connectivity index (χ3n) is 7.37. The average molecular weight is 446 g/mol. The van der Waals surface area contributed by atoms with Gasteiger partial charge in [-0.2, -0.15) is 0 Å². The third kappa shape index (κ3) is 3.46. The minimum atomic E-state index is -0.109. The fourth-order valence-corrected chi connectivity index (χ4v) is 5.65. The lowest BCUT2D eigenvalue weighted by molar-refractivity contribution is 0.558. The van der Waals surface area contributed by atoms with E-state index in [2.05, 4.69) is 138 Å². The van der Waals surface area contributed by atoms with Crippen LogP contribution < -0.4 is 4.90 Å². The van der Waals surface area contributed by atoms with Gasteiger partial charge in [-0.3, -0.25) is 0 Å². The Morgan fingerprint density at radius 2 is 1.29 bits per heavy atom. The molecule has 1 aliphatic carbocycles. The lowest BCUT2D eigenvalue weighted by Gasteiger charge is -2.41. The fraction of sp³-hybridized carbons (Fsp3) is 0.273. The van der Waals surface area contributed by atoms with Gasteiger partial charge in [0, 0.05) is 22.2 Å². The summed E-state index contributed by atoms with van der Waals surface area (Å²) in [5.41, 5.74) is 13.2. The van der Waals surface area contributed by atoms with Crippen molar-refractivity contribution in [3.8, 4) is 22.3 Å². The van der Waals surface area contributed by atoms with Crippen LogP contribution in [0.2, 0.25) is 0 Å². The van der Waals surface area contributed by atoms with Crippen molar-refractivity contribution in [2.45, 2.75) is 59.4 Å². The molecule has 0 saturated heterocycles. The van der Waals surface area contributed by atoms with Crippen LogP contribution in [0.15, 0.2) is 84.9 Å². The van der Waals surface area contributed by atoms with Crippen molar-refractivity contribution < 1.29 is 0 Å². The van der Waals surface area contributed by atoms with Crippen LogP contribution in [-0.2, 0) is 5.41 Å². The number of hydrogen-bond acceptors (Lipinski definition) is 1. The van der Waals surface area contributed by atoms with Crippen LogP contribution >= 0.6 is 0 Å². The topological polar surface area (TPSA) is 3.24 Å². The molecule has 4 aromatic rings. The van der Waals surface area contributed by atoms with Crippen molar-refractivity contribution in [3.05, 3.63) is 107 Å². The van der Waals surface area contributed by atoms with Gasteiger partial charge < -0.3 is 4.90 Å². The maximum atomic E-state index is 2.58. The molecule has 1 aliphatic rings. The second-order valence-corrected chi connectivity index (χ2v) is 11.2. The van der Waals surface area contributed by atoms with E-state index < -0.39 is 0 Å². The van der Waals surface area contributed by atoms with Crippen molar-refractivity contribution >= 4 is 11.4 Å². The summed E-state index contributed by atoms with van der Waals surface area (Å²) >= 11 is 0. The zero-order valence-electron chi connectivity index (χ0n) is 21.5. The Hall–Kier alpha value is -3.32. The van der Waals surface area contributed by atoms with Crippen LogP contribution in [0.25, 0.3) is 22.3 Å². The Morgan fingerprint density at radius 3 is 2.00 bits per heavy atom. The van der Waals surface area contributed by atoms with E-state index in [1.807, 2.05) is 0 Å². The van der Waals surface area contributed by atoms with Crippen LogP contribution in [0.5, 0.6) is 0 Å². The smallest absolute Gasteiger partial charge is 0.0528 e. The Balaban J connectivity index is 1.81. The van der Waals surface area contributed by atoms with Gasteiger partial charge in [-0.05, 0) is 79.6 Å². The van der Waals surface area contributed by atoms with Crippen LogP contribution in [-0.4, -0.2) is 5.54 Å². The van der Waals surface area contributed by atoms with E-state index in [-0.39, 0.29) is 11.0 Å². The Labute approximate surface area is 205 Å². The summed E-state index contributed by atoms with van der Waals surface area (Å²) in [5.74, 6) is 0. The lowest BCUT2D eigenvalue weighted by Crippen LogP contribution is -2.39. The molecule has 34 heavy (non-hydrogen) atoms. The highest BCUT2D eigenvalue weighted by molar-refractivity contribution is 5.94. The van der Waals surface area contributed by atoms with Crippen LogP contribution in [0.1, 0.15) is 56.9 Å². The number of fused-ring (bicyclic) bond motifs is 3. The molecule has 5 rings (SSSR count). The Bertz CT molecular complexity index is 1370. The first-order valence-corrected chi connectivity index (χ1v) is 12.3. The van der Waals surface area contributed by atoms with Gasteiger partial charge in [-0.25, -0.2) is 0 Å². The molecule has 0 aliphatic heterocycles. The number of rotatable bonds is 3. The molecule has 0 aromatic heterocycles. The van der Waals surface area contributed by atoms with Gasteiger partial charge in [0.15, 0.2) is 0 Å². The summed E-state index contributed by atoms with van der Waals surface area (Å²) in [6.45, 7) is 16.2. The van der Waals surface area contributed by atoms with Gasteiger partial charge in [0.05, 0.1) is 5.69 Å². The molecule has 0 unspecified atom stereocenters. The molecule has 0 fully saturated rings. The first-order valence-electron chi connectivity index (χ1n) is 12.3. The summed E-state index contributed by atoms with van der Waals surface area (Å²) < 4.78 is 0. The van der Waals surface area contributed by atoms with E-state index in [9.17, 15) is 0 Å². The SMILES string of the molecule is Cc1ccc(-c2ccccc2)cc1N(c1c(C)ccc2c1-c1ccccc1C2(C)C)C(C)(C)C. The monoisotopic (exact) mass is 445 g/mol. The molecule has 0 spiro atoms. The minimum Gasteiger partial charge on any atom is -0.335 e. The third-order valence-corrected chi connectivity index (χ3v) is 7.37. The van der Waals surface area contributed by atoms with Crippen LogP contribution in [0.3, 0.4) is 0 Å². The molecular formula is C33H35N. The van der Waals surface area contributed by atoms with Crippen molar-refractivity contribution in [2.75, 3.05) is 4.90 Å². The Kier molecular flexibility index (Phi) is 5.20. The van der Waals surface area contributed by atoms with E-state index in [4.69, 9.17) is 0 Å². The van der Waals surface area contributed by atoms with Gasteiger partial charge in [0.2, 0.25) is 0 Å². The van der Waals surface area contributed by atoms with E-state index in [1.165, 1.54) is 55.9 Å². The molecule has 0 atom stereocenters. The molecule has 1 heteroatoms. The minimum absolute atomic E-state index is 0.0150. The highest BCUT2D eigenvalue weighted by Crippen LogP contribution is 2.55. The predicted octanol–water partition coefficient (Wildman–Crippen LogP) is 9.21. The largest absolute Gasteiger partial charge is 0.335 e. The summed E-state index contributed by atoms with van der Waals surface area (Å²) in [5, 5.41) is 0. The predicted molar refractivity (Wildman–Crippen MR) is 147 cm³/mol. The maximum Gasteiger partial charge on any atom is 0.0528 e. The van der Waals surface area contributed by atoms with Crippen molar-refractivity contribution in [1.82, 2.24) is 0 Å². The molecule has 172 valence electrons. The molecule has 4 aromatic carbocycles. The molecule has 0 heterocycles. The molecule has 0 saturated carbocycles. The first kappa shape index (κ1) is 22.5. The number of benzene rings is 4. The van der Waals surface area contributed by atoms with Gasteiger partial charge in [-0.1, -0.05) is 92.7 Å². The van der Waals surface area contributed by atoms with E-state index in [0.29, 0.717) is 0 Å². The second-order valence-electron chi connectivity index (χ2n) is 11.2. The molecule has 0 radical (unpaired) electrons. The lowest BCUT2D eigenvalue weighted by atomic mass is 9.82. The van der Waals surface area contributed by atoms with Gasteiger partial charge in [0.25, 0.3) is 0 Å². The van der Waals surface area contributed by atoms with Gasteiger partial charge in [0.1, 0.15) is 0 Å². The number of aryl methyl sites for hydroxylation is 2. The number of nitrogens with zero attached hydrogens (tertiary/aromatic N) is 1. The van der Waals surface area contributed by atoms with Crippen molar-refractivity contribution in [2.24, 2.45) is 0 Å². The van der Waals surface area contributed by atoms with Gasteiger partial charge in [-0.15, -0.1) is 0 Å². The average Bonchev–Trinajstić information content (AvgIpc) is 3.03. The maximum absolute atomic E-state index is 2.58. The quantitative estimate of drug-likeness (QED) is 0.304. The standard InChI is InChI=1S/C33H35N/c1-22-17-19-25(24-13-9-8-10-14-24)21-29(22)34(32(3,4)5)31-23(2)18-20-28-30(31)26-15-11-12-16-27(26)33(28,6)7/h8-21H,1-7H3. The molecule has 0 N–H and O–H groups in total. The molecule has 0 bridgehead atoms. The number of hydrogen-bond donors (Lipinski definition) is 0. The highest BCUT2D eigenvalue weighted by atomic mass is 15.2. The molecule has 0 amide bonds. The Morgan fingerprint density at radius 1 is 0.647 bits per heavy atom. The summed E-state index contributed by atoms with van der Waals surface area (Å²) in [6.07, 6.45) is 0. The first-order chi connectivity index (χ1) is 16.1. The summed E-state index contributed by atoms with van der Waals surface area (Å²) in [6, 6.07) is 31.2. The van der Waals surface area contributed by atoms with Gasteiger partial charge >= 0.3 is 0 Å². The second kappa shape index (κ2) is 7.87. The van der Waals surface area contributed by atoms with Crippen LogP contribution in [0, 0.1) is 13.8 Å². The normalized spacial score (nSPS) is 14.0. The van der Waals surface area contributed by atoms with E-state index in [1.54, 1.807) is 0 Å². The number of anilines is 2. The van der Waals surface area contributed by atoms with Crippen molar-refractivity contribution in [3.63, 3.8) is 0 Å². The molecular weight excluding hydrogens is 410 g/mol. The zero-order chi connectivity index (χ0) is 24.3. The zero-order valence-corrected chi connectivity index (χ0v) is 21.5. The fourth-order valence-electron chi connectivity index (χ4n) is 5.65. The summed E-state index contributed by atoms with van der Waals surface area (Å²) in [4.78, 5) is 2.58. The molecule has 1 nitrogen and oxygen atoms in total. The highest BCUT2D eigenvalue weighted by Gasteiger charge is 2.39. The summed E-state index contributed by atoms with van der Waals surface area (Å²) in [7, 11) is 0. The van der Waals surface area contributed by atoms with Crippen LogP contribution in [0.4, 0.5) is 11.4 Å².